The molecule has 1 amide bonds. The molecule has 0 fully saturated rings. The van der Waals surface area contributed by atoms with Crippen LogP contribution in [0.15, 0.2) is 88.9 Å². The number of nitrogens with one attached hydrogen (secondary N) is 2. The molecule has 2 N–H and O–H groups in total. The van der Waals surface area contributed by atoms with Gasteiger partial charge in [0.25, 0.3) is 5.91 Å². The van der Waals surface area contributed by atoms with Crippen molar-refractivity contribution in [3.05, 3.63) is 101 Å². The van der Waals surface area contributed by atoms with Gasteiger partial charge in [0.1, 0.15) is 6.04 Å². The van der Waals surface area contributed by atoms with Crippen LogP contribution < -0.4 is 10.1 Å². The predicted molar refractivity (Wildman–Crippen MR) is 123 cm³/mol. The summed E-state index contributed by atoms with van der Waals surface area (Å²) >= 11 is 6.08. The van der Waals surface area contributed by atoms with Gasteiger partial charge in [-0.05, 0) is 37.1 Å². The van der Waals surface area contributed by atoms with Crippen molar-refractivity contribution in [2.75, 3.05) is 0 Å². The van der Waals surface area contributed by atoms with Gasteiger partial charge in [-0.15, -0.1) is 0 Å². The van der Waals surface area contributed by atoms with Crippen molar-refractivity contribution in [2.45, 2.75) is 24.3 Å². The lowest BCUT2D eigenvalue weighted by atomic mass is 10.1. The van der Waals surface area contributed by atoms with Gasteiger partial charge in [0.2, 0.25) is 10.0 Å². The van der Waals surface area contributed by atoms with E-state index in [0.717, 1.165) is 11.1 Å². The highest BCUT2D eigenvalue weighted by atomic mass is 35.5. The minimum absolute atomic E-state index is 0.0866. The molecular formula is C23H22ClN3O3S. The monoisotopic (exact) mass is 455 g/mol. The summed E-state index contributed by atoms with van der Waals surface area (Å²) in [7, 11) is -3.91. The first-order chi connectivity index (χ1) is 14.8. The van der Waals surface area contributed by atoms with Crippen molar-refractivity contribution < 1.29 is 13.2 Å². The van der Waals surface area contributed by atoms with Crippen molar-refractivity contribution in [3.8, 4) is 0 Å². The Labute approximate surface area is 187 Å². The van der Waals surface area contributed by atoms with Gasteiger partial charge in [-0.1, -0.05) is 77.8 Å². The lowest BCUT2D eigenvalue weighted by Gasteiger charge is -2.17. The molecule has 0 saturated heterocycles. The summed E-state index contributed by atoms with van der Waals surface area (Å²) in [5.74, 6) is -0.581. The Morgan fingerprint density at radius 1 is 1.00 bits per heavy atom. The van der Waals surface area contributed by atoms with Crippen LogP contribution in [0.2, 0.25) is 5.02 Å². The molecule has 0 heterocycles. The number of rotatable bonds is 8. The second kappa shape index (κ2) is 10.3. The largest absolute Gasteiger partial charge is 0.271 e. The third-order valence-corrected chi connectivity index (χ3v) is 6.34. The van der Waals surface area contributed by atoms with Crippen LogP contribution in [0.3, 0.4) is 0 Å². The Kier molecular flexibility index (Phi) is 7.57. The topological polar surface area (TPSA) is 87.6 Å². The maximum absolute atomic E-state index is 12.8. The number of amides is 1. The van der Waals surface area contributed by atoms with Gasteiger partial charge in [-0.2, -0.15) is 9.82 Å². The Morgan fingerprint density at radius 3 is 2.32 bits per heavy atom. The number of carbonyl (C=O) groups is 1. The van der Waals surface area contributed by atoms with Gasteiger partial charge in [0.15, 0.2) is 0 Å². The standard InChI is InChI=1S/C23H22ClN3O3S/c1-17-11-13-20(14-12-17)31(29,30)27-22(15-18-7-3-2-4-8-18)23(28)26-25-16-19-9-5-6-10-21(19)24/h2-14,16,22,27H,15H2,1H3,(H,26,28). The van der Waals surface area contributed by atoms with Gasteiger partial charge in [-0.25, -0.2) is 13.8 Å². The molecule has 0 aliphatic heterocycles. The van der Waals surface area contributed by atoms with Gasteiger partial charge in [0.05, 0.1) is 11.1 Å². The highest BCUT2D eigenvalue weighted by Gasteiger charge is 2.26. The number of nitrogens with zero attached hydrogens (tertiary/aromatic N) is 1. The number of carbonyl (C=O) groups excluding carboxylic acids is 1. The number of aryl methyl sites for hydroxylation is 1. The molecular weight excluding hydrogens is 434 g/mol. The molecule has 160 valence electrons. The summed E-state index contributed by atoms with van der Waals surface area (Å²) in [6, 6.07) is 21.6. The first-order valence-corrected chi connectivity index (χ1v) is 11.4. The molecule has 0 spiro atoms. The zero-order chi connectivity index (χ0) is 22.3. The van der Waals surface area contributed by atoms with E-state index in [-0.39, 0.29) is 11.3 Å². The second-order valence-electron chi connectivity index (χ2n) is 6.93. The van der Waals surface area contributed by atoms with Crippen LogP contribution in [0.4, 0.5) is 0 Å². The Balaban J connectivity index is 1.79. The van der Waals surface area contributed by atoms with Crippen molar-refractivity contribution in [1.82, 2.24) is 10.1 Å². The van der Waals surface area contributed by atoms with E-state index in [4.69, 9.17) is 11.6 Å². The number of halogens is 1. The minimum atomic E-state index is -3.91. The van der Waals surface area contributed by atoms with E-state index in [1.807, 2.05) is 37.3 Å². The van der Waals surface area contributed by atoms with E-state index in [9.17, 15) is 13.2 Å². The Hall–Kier alpha value is -3.00. The zero-order valence-corrected chi connectivity index (χ0v) is 18.4. The molecule has 3 aromatic carbocycles. The van der Waals surface area contributed by atoms with E-state index in [0.29, 0.717) is 10.6 Å². The third-order valence-electron chi connectivity index (χ3n) is 4.51. The van der Waals surface area contributed by atoms with Crippen LogP contribution in [0.5, 0.6) is 0 Å². The zero-order valence-electron chi connectivity index (χ0n) is 16.8. The van der Waals surface area contributed by atoms with Crippen molar-refractivity contribution in [3.63, 3.8) is 0 Å². The molecule has 0 saturated carbocycles. The van der Waals surface area contributed by atoms with Crippen LogP contribution in [0.1, 0.15) is 16.7 Å². The fraction of sp³-hybridized carbons (Fsp3) is 0.130. The number of hydrogen-bond acceptors (Lipinski definition) is 4. The summed E-state index contributed by atoms with van der Waals surface area (Å²) in [6.45, 7) is 1.87. The molecule has 0 radical (unpaired) electrons. The first kappa shape index (κ1) is 22.7. The number of hydrazone groups is 1. The van der Waals surface area contributed by atoms with E-state index in [1.54, 1.807) is 36.4 Å². The SMILES string of the molecule is Cc1ccc(S(=O)(=O)NC(Cc2ccccc2)C(=O)NN=Cc2ccccc2Cl)cc1. The minimum Gasteiger partial charge on any atom is -0.271 e. The van der Waals surface area contributed by atoms with Gasteiger partial charge >= 0.3 is 0 Å². The van der Waals surface area contributed by atoms with E-state index >= 15 is 0 Å². The third kappa shape index (κ3) is 6.49. The Bertz CT molecular complexity index is 1160. The quantitative estimate of drug-likeness (QED) is 0.401. The molecule has 31 heavy (non-hydrogen) atoms. The molecule has 0 aliphatic carbocycles. The average Bonchev–Trinajstić information content (AvgIpc) is 2.75. The van der Waals surface area contributed by atoms with Crippen molar-refractivity contribution in [1.29, 1.82) is 0 Å². The highest BCUT2D eigenvalue weighted by molar-refractivity contribution is 7.89. The van der Waals surface area contributed by atoms with Gasteiger partial charge in [0, 0.05) is 10.6 Å². The maximum atomic E-state index is 12.8. The maximum Gasteiger partial charge on any atom is 0.258 e. The molecule has 3 rings (SSSR count). The van der Waals surface area contributed by atoms with Gasteiger partial charge in [-0.3, -0.25) is 4.79 Å². The number of hydrogen-bond donors (Lipinski definition) is 2. The van der Waals surface area contributed by atoms with Crippen molar-refractivity contribution >= 4 is 33.7 Å². The molecule has 1 unspecified atom stereocenters. The molecule has 3 aromatic rings. The van der Waals surface area contributed by atoms with E-state index < -0.39 is 22.0 Å². The van der Waals surface area contributed by atoms with Gasteiger partial charge < -0.3 is 0 Å². The summed E-state index contributed by atoms with van der Waals surface area (Å²) < 4.78 is 28.2. The summed E-state index contributed by atoms with van der Waals surface area (Å²) in [5.41, 5.74) is 4.78. The summed E-state index contributed by atoms with van der Waals surface area (Å²) in [5, 5.41) is 4.42. The predicted octanol–water partition coefficient (Wildman–Crippen LogP) is 3.69. The van der Waals surface area contributed by atoms with Crippen LogP contribution in [-0.2, 0) is 21.2 Å². The fourth-order valence-electron chi connectivity index (χ4n) is 2.83. The highest BCUT2D eigenvalue weighted by Crippen LogP contribution is 2.13. The lowest BCUT2D eigenvalue weighted by Crippen LogP contribution is -2.46. The first-order valence-electron chi connectivity index (χ1n) is 9.55. The van der Waals surface area contributed by atoms with Crippen LogP contribution >= 0.6 is 11.6 Å². The van der Waals surface area contributed by atoms with Crippen molar-refractivity contribution in [2.24, 2.45) is 5.10 Å². The fourth-order valence-corrected chi connectivity index (χ4v) is 4.21. The normalized spacial score (nSPS) is 12.6. The molecule has 1 atom stereocenters. The Morgan fingerprint density at radius 2 is 1.65 bits per heavy atom. The van der Waals surface area contributed by atoms with Crippen LogP contribution in [-0.4, -0.2) is 26.6 Å². The molecule has 0 bridgehead atoms. The molecule has 0 aliphatic rings. The molecule has 6 nitrogen and oxygen atoms in total. The van der Waals surface area contributed by atoms with E-state index in [2.05, 4.69) is 15.2 Å². The van der Waals surface area contributed by atoms with Crippen LogP contribution in [0.25, 0.3) is 0 Å². The summed E-state index contributed by atoms with van der Waals surface area (Å²) in [6.07, 6.45) is 1.58. The number of sulfonamides is 1. The van der Waals surface area contributed by atoms with Crippen LogP contribution in [0, 0.1) is 6.92 Å². The average molecular weight is 456 g/mol. The second-order valence-corrected chi connectivity index (χ2v) is 9.05. The number of benzene rings is 3. The summed E-state index contributed by atoms with van der Waals surface area (Å²) in [4.78, 5) is 12.9. The molecule has 8 heteroatoms. The lowest BCUT2D eigenvalue weighted by molar-refractivity contribution is -0.122. The molecule has 0 aromatic heterocycles. The smallest absolute Gasteiger partial charge is 0.258 e. The van der Waals surface area contributed by atoms with E-state index in [1.165, 1.54) is 18.3 Å².